The number of sulfonamides is 1. The van der Waals surface area contributed by atoms with Gasteiger partial charge in [-0.1, -0.05) is 20.8 Å². The van der Waals surface area contributed by atoms with Crippen molar-refractivity contribution < 1.29 is 8.42 Å². The van der Waals surface area contributed by atoms with Crippen molar-refractivity contribution in [2.24, 2.45) is 11.3 Å². The smallest absolute Gasteiger partial charge is 0.208 e. The summed E-state index contributed by atoms with van der Waals surface area (Å²) in [7, 11) is -3.04. The fourth-order valence-electron chi connectivity index (χ4n) is 2.63. The molecule has 18 heavy (non-hydrogen) atoms. The van der Waals surface area contributed by atoms with Gasteiger partial charge in [0.25, 0.3) is 0 Å². The van der Waals surface area contributed by atoms with Crippen LogP contribution in [0.3, 0.4) is 0 Å². The minimum absolute atomic E-state index is 0.390. The second-order valence-electron chi connectivity index (χ2n) is 6.50. The SMILES string of the molecule is CC(C)(C)C1CCCN(CCNS(C)(=O)=O)CC1. The van der Waals surface area contributed by atoms with E-state index in [2.05, 4.69) is 30.4 Å². The van der Waals surface area contributed by atoms with Crippen LogP contribution in [-0.4, -0.2) is 45.8 Å². The molecule has 5 heteroatoms. The van der Waals surface area contributed by atoms with Crippen molar-refractivity contribution in [2.45, 2.75) is 40.0 Å². The molecule has 0 spiro atoms. The van der Waals surface area contributed by atoms with E-state index in [1.54, 1.807) is 0 Å². The Morgan fingerprint density at radius 1 is 1.22 bits per heavy atom. The van der Waals surface area contributed by atoms with Crippen LogP contribution in [0.25, 0.3) is 0 Å². The predicted octanol–water partition coefficient (Wildman–Crippen LogP) is 1.68. The largest absolute Gasteiger partial charge is 0.302 e. The molecule has 0 amide bonds. The first-order chi connectivity index (χ1) is 8.18. The Kier molecular flexibility index (Phi) is 5.62. The molecule has 1 rings (SSSR count). The second-order valence-corrected chi connectivity index (χ2v) is 8.34. The van der Waals surface area contributed by atoms with Gasteiger partial charge in [0.05, 0.1) is 6.26 Å². The summed E-state index contributed by atoms with van der Waals surface area (Å²) >= 11 is 0. The lowest BCUT2D eigenvalue weighted by Gasteiger charge is -2.29. The lowest BCUT2D eigenvalue weighted by Crippen LogP contribution is -2.35. The molecule has 0 bridgehead atoms. The summed E-state index contributed by atoms with van der Waals surface area (Å²) in [4.78, 5) is 2.38. The van der Waals surface area contributed by atoms with E-state index in [0.29, 0.717) is 12.0 Å². The summed E-state index contributed by atoms with van der Waals surface area (Å²) in [5.74, 6) is 0.783. The Balaban J connectivity index is 2.34. The highest BCUT2D eigenvalue weighted by Crippen LogP contribution is 2.34. The van der Waals surface area contributed by atoms with Crippen LogP contribution in [-0.2, 0) is 10.0 Å². The molecule has 1 N–H and O–H groups in total. The van der Waals surface area contributed by atoms with E-state index in [9.17, 15) is 8.42 Å². The highest BCUT2D eigenvalue weighted by molar-refractivity contribution is 7.88. The van der Waals surface area contributed by atoms with Crippen molar-refractivity contribution in [1.82, 2.24) is 9.62 Å². The highest BCUT2D eigenvalue weighted by Gasteiger charge is 2.26. The Morgan fingerprint density at radius 3 is 2.44 bits per heavy atom. The van der Waals surface area contributed by atoms with Gasteiger partial charge < -0.3 is 4.90 Å². The van der Waals surface area contributed by atoms with Crippen molar-refractivity contribution in [3.8, 4) is 0 Å². The summed E-state index contributed by atoms with van der Waals surface area (Å²) in [5, 5.41) is 0. The first-order valence-electron chi connectivity index (χ1n) is 6.85. The van der Waals surface area contributed by atoms with Crippen LogP contribution in [0.5, 0.6) is 0 Å². The average Bonchev–Trinajstić information content (AvgIpc) is 2.40. The quantitative estimate of drug-likeness (QED) is 0.850. The Labute approximate surface area is 112 Å². The van der Waals surface area contributed by atoms with Crippen LogP contribution in [0.1, 0.15) is 40.0 Å². The van der Waals surface area contributed by atoms with Gasteiger partial charge in [-0.2, -0.15) is 0 Å². The highest BCUT2D eigenvalue weighted by atomic mass is 32.2. The number of hydrogen-bond acceptors (Lipinski definition) is 3. The molecule has 1 heterocycles. The average molecular weight is 276 g/mol. The molecule has 108 valence electrons. The van der Waals surface area contributed by atoms with Gasteiger partial charge in [-0.05, 0) is 43.7 Å². The molecule has 0 aromatic rings. The maximum absolute atomic E-state index is 11.0. The van der Waals surface area contributed by atoms with E-state index in [1.807, 2.05) is 0 Å². The van der Waals surface area contributed by atoms with Crippen molar-refractivity contribution in [3.63, 3.8) is 0 Å². The molecule has 1 atom stereocenters. The van der Waals surface area contributed by atoms with Gasteiger partial charge in [0.1, 0.15) is 0 Å². The van der Waals surface area contributed by atoms with Crippen molar-refractivity contribution in [3.05, 3.63) is 0 Å². The molecule has 0 aliphatic carbocycles. The monoisotopic (exact) mass is 276 g/mol. The molecule has 0 saturated carbocycles. The minimum Gasteiger partial charge on any atom is -0.302 e. The zero-order valence-corrected chi connectivity index (χ0v) is 13.0. The fourth-order valence-corrected chi connectivity index (χ4v) is 3.10. The summed E-state index contributed by atoms with van der Waals surface area (Å²) < 4.78 is 24.6. The third-order valence-electron chi connectivity index (χ3n) is 3.84. The summed E-state index contributed by atoms with van der Waals surface area (Å²) in [5.41, 5.74) is 0.390. The number of rotatable bonds is 4. The molecule has 1 unspecified atom stereocenters. The van der Waals surface area contributed by atoms with Crippen LogP contribution in [0.2, 0.25) is 0 Å². The molecular weight excluding hydrogens is 248 g/mol. The summed E-state index contributed by atoms with van der Waals surface area (Å²) in [6.07, 6.45) is 4.95. The van der Waals surface area contributed by atoms with E-state index >= 15 is 0 Å². The zero-order valence-electron chi connectivity index (χ0n) is 12.2. The third-order valence-corrected chi connectivity index (χ3v) is 4.57. The van der Waals surface area contributed by atoms with E-state index < -0.39 is 10.0 Å². The van der Waals surface area contributed by atoms with Crippen LogP contribution < -0.4 is 4.72 Å². The van der Waals surface area contributed by atoms with Crippen LogP contribution in [0.15, 0.2) is 0 Å². The maximum Gasteiger partial charge on any atom is 0.208 e. The van der Waals surface area contributed by atoms with Crippen molar-refractivity contribution in [2.75, 3.05) is 32.4 Å². The lowest BCUT2D eigenvalue weighted by atomic mass is 9.77. The minimum atomic E-state index is -3.04. The van der Waals surface area contributed by atoms with Gasteiger partial charge in [-0.15, -0.1) is 0 Å². The second kappa shape index (κ2) is 6.35. The first kappa shape index (κ1) is 15.9. The van der Waals surface area contributed by atoms with Gasteiger partial charge in [-0.3, -0.25) is 0 Å². The van der Waals surface area contributed by atoms with Crippen LogP contribution in [0.4, 0.5) is 0 Å². The fraction of sp³-hybridized carbons (Fsp3) is 1.00. The van der Waals surface area contributed by atoms with E-state index in [1.165, 1.54) is 25.5 Å². The maximum atomic E-state index is 11.0. The molecule has 1 fully saturated rings. The third kappa shape index (κ3) is 6.16. The summed E-state index contributed by atoms with van der Waals surface area (Å²) in [6.45, 7) is 10.5. The van der Waals surface area contributed by atoms with E-state index in [-0.39, 0.29) is 0 Å². The molecule has 1 aliphatic rings. The van der Waals surface area contributed by atoms with Crippen molar-refractivity contribution >= 4 is 10.0 Å². The summed E-state index contributed by atoms with van der Waals surface area (Å²) in [6, 6.07) is 0. The predicted molar refractivity (Wildman–Crippen MR) is 76.1 cm³/mol. The number of nitrogens with one attached hydrogen (secondary N) is 1. The lowest BCUT2D eigenvalue weighted by molar-refractivity contribution is 0.209. The topological polar surface area (TPSA) is 49.4 Å². The van der Waals surface area contributed by atoms with Gasteiger partial charge in [0.15, 0.2) is 0 Å². The normalized spacial score (nSPS) is 23.9. The Morgan fingerprint density at radius 2 is 1.89 bits per heavy atom. The molecule has 1 aliphatic heterocycles. The number of nitrogens with zero attached hydrogens (tertiary/aromatic N) is 1. The van der Waals surface area contributed by atoms with Gasteiger partial charge in [0.2, 0.25) is 10.0 Å². The molecule has 0 aromatic carbocycles. The van der Waals surface area contributed by atoms with Gasteiger partial charge >= 0.3 is 0 Å². The van der Waals surface area contributed by atoms with E-state index in [0.717, 1.165) is 25.6 Å². The van der Waals surface area contributed by atoms with Gasteiger partial charge in [0, 0.05) is 13.1 Å². The van der Waals surface area contributed by atoms with Crippen LogP contribution >= 0.6 is 0 Å². The van der Waals surface area contributed by atoms with Crippen molar-refractivity contribution in [1.29, 1.82) is 0 Å². The Bertz CT molecular complexity index is 346. The standard InChI is InChI=1S/C13H28N2O2S/c1-13(2,3)12-6-5-9-15(10-7-12)11-8-14-18(4,16)17/h12,14H,5-11H2,1-4H3. The number of hydrogen-bond donors (Lipinski definition) is 1. The molecule has 1 saturated heterocycles. The van der Waals surface area contributed by atoms with E-state index in [4.69, 9.17) is 0 Å². The Hall–Kier alpha value is -0.130. The molecule has 0 aromatic heterocycles. The zero-order chi connectivity index (χ0) is 13.8. The van der Waals surface area contributed by atoms with Gasteiger partial charge in [-0.25, -0.2) is 13.1 Å². The first-order valence-corrected chi connectivity index (χ1v) is 8.74. The molecule has 0 radical (unpaired) electrons. The number of likely N-dealkylation sites (tertiary alicyclic amines) is 1. The molecular formula is C13H28N2O2S. The van der Waals surface area contributed by atoms with Crippen LogP contribution in [0, 0.1) is 11.3 Å². The molecule has 4 nitrogen and oxygen atoms in total.